The van der Waals surface area contributed by atoms with Crippen molar-refractivity contribution in [2.24, 2.45) is 0 Å². The zero-order valence-corrected chi connectivity index (χ0v) is 12.2. The minimum Gasteiger partial charge on any atom is -0.342 e. The first-order valence-corrected chi connectivity index (χ1v) is 7.10. The number of rotatable bonds is 1. The number of benzene rings is 2. The lowest BCUT2D eigenvalue weighted by Crippen LogP contribution is -2.53. The molecule has 0 aromatic heterocycles. The lowest BCUT2D eigenvalue weighted by molar-refractivity contribution is -0.128. The second-order valence-corrected chi connectivity index (χ2v) is 5.88. The van der Waals surface area contributed by atoms with Crippen molar-refractivity contribution < 1.29 is 9.59 Å². The number of hydrogen-bond acceptors (Lipinski definition) is 2. The van der Waals surface area contributed by atoms with E-state index in [1.807, 2.05) is 42.5 Å². The summed E-state index contributed by atoms with van der Waals surface area (Å²) < 4.78 is 0. The average molecular weight is 282 g/mol. The van der Waals surface area contributed by atoms with E-state index in [9.17, 15) is 9.59 Å². The van der Waals surface area contributed by atoms with Crippen LogP contribution in [0, 0.1) is 0 Å². The van der Waals surface area contributed by atoms with Crippen molar-refractivity contribution in [1.82, 2.24) is 5.32 Å². The topological polar surface area (TPSA) is 49.4 Å². The smallest absolute Gasteiger partial charge is 0.252 e. The summed E-state index contributed by atoms with van der Waals surface area (Å²) in [5.74, 6) is -0.166. The van der Waals surface area contributed by atoms with Crippen molar-refractivity contribution in [2.45, 2.75) is 25.8 Å². The molecule has 1 fully saturated rings. The van der Waals surface area contributed by atoms with Crippen LogP contribution in [0.4, 0.5) is 5.69 Å². The summed E-state index contributed by atoms with van der Waals surface area (Å²) in [6, 6.07) is 13.9. The van der Waals surface area contributed by atoms with Gasteiger partial charge in [-0.25, -0.2) is 0 Å². The summed E-state index contributed by atoms with van der Waals surface area (Å²) in [6.07, 6.45) is 0.318. The molecule has 2 aromatic carbocycles. The van der Waals surface area contributed by atoms with Crippen LogP contribution < -0.4 is 10.2 Å². The Morgan fingerprint density at radius 2 is 1.76 bits per heavy atom. The van der Waals surface area contributed by atoms with Gasteiger partial charge in [0.15, 0.2) is 0 Å². The van der Waals surface area contributed by atoms with Crippen LogP contribution in [0.3, 0.4) is 0 Å². The number of anilines is 1. The van der Waals surface area contributed by atoms with Gasteiger partial charge in [0.2, 0.25) is 5.91 Å². The van der Waals surface area contributed by atoms with E-state index < -0.39 is 5.54 Å². The molecule has 4 heteroatoms. The number of nitrogens with one attached hydrogen (secondary N) is 1. The van der Waals surface area contributed by atoms with Gasteiger partial charge in [-0.3, -0.25) is 9.59 Å². The van der Waals surface area contributed by atoms with Gasteiger partial charge in [-0.05, 0) is 25.3 Å². The second kappa shape index (κ2) is 4.88. The quantitative estimate of drug-likeness (QED) is 0.873. The van der Waals surface area contributed by atoms with Gasteiger partial charge in [0.25, 0.3) is 5.91 Å². The maximum absolute atomic E-state index is 12.8. The summed E-state index contributed by atoms with van der Waals surface area (Å²) in [7, 11) is 0. The molecule has 2 aromatic rings. The first kappa shape index (κ1) is 13.6. The monoisotopic (exact) mass is 282 g/mol. The predicted octanol–water partition coefficient (Wildman–Crippen LogP) is 2.47. The van der Waals surface area contributed by atoms with Crippen LogP contribution in [0.25, 0.3) is 10.8 Å². The van der Waals surface area contributed by atoms with Gasteiger partial charge in [0.05, 0.1) is 5.69 Å². The van der Waals surface area contributed by atoms with Gasteiger partial charge in [-0.1, -0.05) is 36.4 Å². The molecule has 1 saturated heterocycles. The van der Waals surface area contributed by atoms with Gasteiger partial charge in [-0.15, -0.1) is 0 Å². The van der Waals surface area contributed by atoms with E-state index in [4.69, 9.17) is 0 Å². The Hall–Kier alpha value is -2.36. The third-order valence-corrected chi connectivity index (χ3v) is 3.85. The largest absolute Gasteiger partial charge is 0.342 e. The summed E-state index contributed by atoms with van der Waals surface area (Å²) in [5, 5.41) is 4.90. The highest BCUT2D eigenvalue weighted by molar-refractivity contribution is 6.09. The lowest BCUT2D eigenvalue weighted by atomic mass is 10.0. The molecule has 3 rings (SSSR count). The molecule has 1 heterocycles. The molecule has 1 aliphatic rings. The number of fused-ring (bicyclic) bond motifs is 1. The van der Waals surface area contributed by atoms with Gasteiger partial charge >= 0.3 is 0 Å². The van der Waals surface area contributed by atoms with Crippen LogP contribution >= 0.6 is 0 Å². The SMILES string of the molecule is CC1(C)NC(=O)CCN(c2cccc3ccccc23)C1=O. The molecular formula is C17H18N2O2. The molecule has 0 radical (unpaired) electrons. The van der Waals surface area contributed by atoms with Crippen LogP contribution in [0.5, 0.6) is 0 Å². The summed E-state index contributed by atoms with van der Waals surface area (Å²) >= 11 is 0. The number of hydrogen-bond donors (Lipinski definition) is 1. The second-order valence-electron chi connectivity index (χ2n) is 5.88. The molecule has 0 saturated carbocycles. The molecule has 21 heavy (non-hydrogen) atoms. The number of carbonyl (C=O) groups excluding carboxylic acids is 2. The molecule has 2 amide bonds. The molecule has 4 nitrogen and oxygen atoms in total. The summed E-state index contributed by atoms with van der Waals surface area (Å²) in [5.41, 5.74) is -0.0208. The number of amides is 2. The van der Waals surface area contributed by atoms with E-state index in [1.165, 1.54) is 0 Å². The van der Waals surface area contributed by atoms with Crippen molar-refractivity contribution in [3.05, 3.63) is 42.5 Å². The molecule has 108 valence electrons. The van der Waals surface area contributed by atoms with Crippen molar-refractivity contribution in [3.63, 3.8) is 0 Å². The van der Waals surface area contributed by atoms with Crippen LogP contribution in [-0.2, 0) is 9.59 Å². The fourth-order valence-corrected chi connectivity index (χ4v) is 2.79. The van der Waals surface area contributed by atoms with Crippen molar-refractivity contribution in [3.8, 4) is 0 Å². The van der Waals surface area contributed by atoms with E-state index in [2.05, 4.69) is 5.32 Å². The van der Waals surface area contributed by atoms with Crippen LogP contribution in [0.1, 0.15) is 20.3 Å². The highest BCUT2D eigenvalue weighted by atomic mass is 16.2. The first-order valence-electron chi connectivity index (χ1n) is 7.10. The van der Waals surface area contributed by atoms with Gasteiger partial charge < -0.3 is 10.2 Å². The highest BCUT2D eigenvalue weighted by Gasteiger charge is 2.37. The van der Waals surface area contributed by atoms with Gasteiger partial charge in [0.1, 0.15) is 5.54 Å². The molecular weight excluding hydrogens is 264 g/mol. The third kappa shape index (κ3) is 2.37. The molecule has 0 atom stereocenters. The van der Waals surface area contributed by atoms with Crippen LogP contribution in [0.2, 0.25) is 0 Å². The molecule has 1 N–H and O–H groups in total. The van der Waals surface area contributed by atoms with E-state index >= 15 is 0 Å². The Bertz CT molecular complexity index is 716. The van der Waals surface area contributed by atoms with Crippen molar-refractivity contribution >= 4 is 28.3 Å². The maximum Gasteiger partial charge on any atom is 0.252 e. The Kier molecular flexibility index (Phi) is 3.16. The van der Waals surface area contributed by atoms with E-state index in [0.717, 1.165) is 16.5 Å². The Morgan fingerprint density at radius 1 is 1.05 bits per heavy atom. The molecule has 1 aliphatic heterocycles. The van der Waals surface area contributed by atoms with Crippen LogP contribution in [-0.4, -0.2) is 23.9 Å². The summed E-state index contributed by atoms with van der Waals surface area (Å²) in [6.45, 7) is 3.90. The minimum absolute atomic E-state index is 0.0790. The Balaban J connectivity index is 2.13. The van der Waals surface area contributed by atoms with Crippen LogP contribution in [0.15, 0.2) is 42.5 Å². The van der Waals surface area contributed by atoms with Gasteiger partial charge in [-0.2, -0.15) is 0 Å². The van der Waals surface area contributed by atoms with Gasteiger partial charge in [0, 0.05) is 18.4 Å². The zero-order chi connectivity index (χ0) is 15.0. The van der Waals surface area contributed by atoms with Crippen molar-refractivity contribution in [2.75, 3.05) is 11.4 Å². The van der Waals surface area contributed by atoms with E-state index in [-0.39, 0.29) is 11.8 Å². The highest BCUT2D eigenvalue weighted by Crippen LogP contribution is 2.29. The van der Waals surface area contributed by atoms with E-state index in [0.29, 0.717) is 13.0 Å². The normalized spacial score (nSPS) is 18.5. The standard InChI is InChI=1S/C17H18N2O2/c1-17(2)16(21)19(11-10-15(20)18-17)14-9-5-7-12-6-3-4-8-13(12)14/h3-9H,10-11H2,1-2H3,(H,18,20). The third-order valence-electron chi connectivity index (χ3n) is 3.85. The fourth-order valence-electron chi connectivity index (χ4n) is 2.79. The first-order chi connectivity index (χ1) is 9.99. The molecule has 0 aliphatic carbocycles. The van der Waals surface area contributed by atoms with Crippen molar-refractivity contribution in [1.29, 1.82) is 0 Å². The Morgan fingerprint density at radius 3 is 2.57 bits per heavy atom. The fraction of sp³-hybridized carbons (Fsp3) is 0.294. The van der Waals surface area contributed by atoms with E-state index in [1.54, 1.807) is 18.7 Å². The Labute approximate surface area is 123 Å². The molecule has 0 unspecified atom stereocenters. The number of nitrogens with zero attached hydrogens (tertiary/aromatic N) is 1. The summed E-state index contributed by atoms with van der Waals surface area (Å²) in [4.78, 5) is 26.3. The predicted molar refractivity (Wildman–Crippen MR) is 83.1 cm³/mol. The maximum atomic E-state index is 12.8. The molecule has 0 bridgehead atoms. The number of carbonyl (C=O) groups is 2. The minimum atomic E-state index is -0.884. The molecule has 0 spiro atoms. The lowest BCUT2D eigenvalue weighted by Gasteiger charge is -2.29. The average Bonchev–Trinajstić information content (AvgIpc) is 2.56. The zero-order valence-electron chi connectivity index (χ0n) is 12.2.